The maximum Gasteiger partial charge on any atom is 0.299 e. The quantitative estimate of drug-likeness (QED) is 0.618. The second kappa shape index (κ2) is 3.94. The van der Waals surface area contributed by atoms with E-state index in [4.69, 9.17) is 11.6 Å². The number of carbonyl (C=O) groups is 2. The van der Waals surface area contributed by atoms with E-state index in [1.807, 2.05) is 0 Å². The third-order valence-corrected chi connectivity index (χ3v) is 2.83. The monoisotopic (exact) mass is 287 g/mol. The Hall–Kier alpha value is -0.870. The van der Waals surface area contributed by atoms with Gasteiger partial charge in [0.25, 0.3) is 11.7 Å². The van der Waals surface area contributed by atoms with Crippen LogP contribution in [0, 0.1) is 0 Å². The van der Waals surface area contributed by atoms with Crippen molar-refractivity contribution >= 4 is 44.9 Å². The summed E-state index contributed by atoms with van der Waals surface area (Å²) < 4.78 is 0. The van der Waals surface area contributed by atoms with Gasteiger partial charge in [-0.3, -0.25) is 9.59 Å². The van der Waals surface area contributed by atoms with Gasteiger partial charge in [0, 0.05) is 16.9 Å². The minimum atomic E-state index is -0.480. The highest BCUT2D eigenvalue weighted by Crippen LogP contribution is 2.30. The highest BCUT2D eigenvalue weighted by Gasteiger charge is 2.35. The van der Waals surface area contributed by atoms with Crippen LogP contribution >= 0.6 is 27.5 Å². The summed E-state index contributed by atoms with van der Waals surface area (Å²) in [6.45, 7) is 0.485. The van der Waals surface area contributed by atoms with Gasteiger partial charge in [0.05, 0.1) is 11.3 Å². The average Bonchev–Trinajstić information content (AvgIpc) is 2.44. The smallest absolute Gasteiger partial charge is 0.299 e. The number of nitrogens with zero attached hydrogens (tertiary/aromatic N) is 1. The second-order valence-corrected chi connectivity index (χ2v) is 4.37. The van der Waals surface area contributed by atoms with E-state index in [9.17, 15) is 9.59 Å². The number of rotatable bonds is 2. The van der Waals surface area contributed by atoms with Gasteiger partial charge >= 0.3 is 0 Å². The zero-order valence-corrected chi connectivity index (χ0v) is 10.0. The van der Waals surface area contributed by atoms with Gasteiger partial charge < -0.3 is 4.90 Å². The summed E-state index contributed by atoms with van der Waals surface area (Å²) in [5, 5.41) is 1.10. The van der Waals surface area contributed by atoms with Gasteiger partial charge in [-0.25, -0.2) is 0 Å². The molecule has 0 aliphatic carbocycles. The third kappa shape index (κ3) is 1.68. The number of benzene rings is 1. The highest BCUT2D eigenvalue weighted by atomic mass is 79.9. The largest absolute Gasteiger partial charge is 0.304 e. The Balaban J connectivity index is 2.50. The maximum atomic E-state index is 11.6. The lowest BCUT2D eigenvalue weighted by atomic mass is 10.1. The van der Waals surface area contributed by atoms with E-state index in [0.29, 0.717) is 28.1 Å². The fourth-order valence-electron chi connectivity index (χ4n) is 1.58. The van der Waals surface area contributed by atoms with E-state index in [1.54, 1.807) is 12.1 Å². The molecule has 15 heavy (non-hydrogen) atoms. The third-order valence-electron chi connectivity index (χ3n) is 2.24. The number of hydrogen-bond acceptors (Lipinski definition) is 2. The number of ketones is 1. The fourth-order valence-corrected chi connectivity index (χ4v) is 2.11. The van der Waals surface area contributed by atoms with Crippen LogP contribution in [0.2, 0.25) is 5.02 Å². The van der Waals surface area contributed by atoms with E-state index < -0.39 is 11.7 Å². The first kappa shape index (κ1) is 10.6. The number of alkyl halides is 1. The Morgan fingerprint density at radius 1 is 1.33 bits per heavy atom. The summed E-state index contributed by atoms with van der Waals surface area (Å²) in [4.78, 5) is 24.6. The van der Waals surface area contributed by atoms with Crippen LogP contribution in [0.1, 0.15) is 10.4 Å². The molecule has 0 fully saturated rings. The SMILES string of the molecule is O=C1C(=O)N(CCBr)c2ccc(Cl)cc21. The summed E-state index contributed by atoms with van der Waals surface area (Å²) in [7, 11) is 0. The van der Waals surface area contributed by atoms with Crippen molar-refractivity contribution in [1.82, 2.24) is 0 Å². The molecule has 0 spiro atoms. The summed E-state index contributed by atoms with van der Waals surface area (Å²) in [5.74, 6) is -0.958. The lowest BCUT2D eigenvalue weighted by molar-refractivity contribution is -0.114. The highest BCUT2D eigenvalue weighted by molar-refractivity contribution is 9.09. The molecular weight excluding hydrogens is 281 g/mol. The zero-order chi connectivity index (χ0) is 11.0. The number of hydrogen-bond donors (Lipinski definition) is 0. The van der Waals surface area contributed by atoms with Gasteiger partial charge in [0.2, 0.25) is 0 Å². The number of anilines is 1. The summed E-state index contributed by atoms with van der Waals surface area (Å²) in [5.41, 5.74) is 1.04. The summed E-state index contributed by atoms with van der Waals surface area (Å²) >= 11 is 9.01. The van der Waals surface area contributed by atoms with Crippen molar-refractivity contribution in [2.75, 3.05) is 16.8 Å². The molecule has 1 aromatic carbocycles. The molecule has 5 heteroatoms. The van der Waals surface area contributed by atoms with Crippen molar-refractivity contribution in [3.05, 3.63) is 28.8 Å². The van der Waals surface area contributed by atoms with Crippen LogP contribution in [0.15, 0.2) is 18.2 Å². The Labute approximate surface area is 100 Å². The van der Waals surface area contributed by atoms with E-state index in [-0.39, 0.29) is 0 Å². The van der Waals surface area contributed by atoms with Crippen LogP contribution in [0.25, 0.3) is 0 Å². The Morgan fingerprint density at radius 2 is 2.07 bits per heavy atom. The van der Waals surface area contributed by atoms with Gasteiger partial charge in [-0.15, -0.1) is 0 Å². The van der Waals surface area contributed by atoms with Crippen molar-refractivity contribution in [3.8, 4) is 0 Å². The average molecular weight is 289 g/mol. The molecule has 1 aliphatic heterocycles. The molecule has 0 unspecified atom stereocenters. The van der Waals surface area contributed by atoms with Crippen molar-refractivity contribution < 1.29 is 9.59 Å². The lowest BCUT2D eigenvalue weighted by Gasteiger charge is -2.14. The van der Waals surface area contributed by atoms with Crippen LogP contribution in [0.3, 0.4) is 0 Å². The van der Waals surface area contributed by atoms with Gasteiger partial charge in [-0.1, -0.05) is 27.5 Å². The molecule has 1 aliphatic rings. The maximum absolute atomic E-state index is 11.6. The molecule has 0 saturated heterocycles. The predicted molar refractivity (Wildman–Crippen MR) is 61.9 cm³/mol. The fraction of sp³-hybridized carbons (Fsp3) is 0.200. The molecule has 2 rings (SSSR count). The van der Waals surface area contributed by atoms with Crippen molar-refractivity contribution in [2.24, 2.45) is 0 Å². The number of Topliss-reactive ketones (excluding diaryl/α,β-unsaturated/α-hetero) is 1. The molecular formula is C10H7BrClNO2. The molecule has 1 amide bonds. The van der Waals surface area contributed by atoms with E-state index in [2.05, 4.69) is 15.9 Å². The predicted octanol–water partition coefficient (Wildman–Crippen LogP) is 2.26. The molecule has 0 radical (unpaired) electrons. The molecule has 0 saturated carbocycles. The van der Waals surface area contributed by atoms with Crippen LogP contribution in [0.5, 0.6) is 0 Å². The van der Waals surface area contributed by atoms with Gasteiger partial charge in [0.15, 0.2) is 0 Å². The van der Waals surface area contributed by atoms with Crippen LogP contribution in [-0.2, 0) is 4.79 Å². The van der Waals surface area contributed by atoms with Crippen LogP contribution in [-0.4, -0.2) is 23.6 Å². The normalized spacial score (nSPS) is 14.7. The first-order chi connectivity index (χ1) is 7.15. The minimum Gasteiger partial charge on any atom is -0.304 e. The molecule has 3 nitrogen and oxygen atoms in total. The first-order valence-electron chi connectivity index (χ1n) is 4.37. The number of carbonyl (C=O) groups excluding carboxylic acids is 2. The van der Waals surface area contributed by atoms with Gasteiger partial charge in [0.1, 0.15) is 0 Å². The van der Waals surface area contributed by atoms with Crippen LogP contribution < -0.4 is 4.90 Å². The molecule has 0 N–H and O–H groups in total. The summed E-state index contributed by atoms with van der Waals surface area (Å²) in [6.07, 6.45) is 0. The number of amides is 1. The zero-order valence-electron chi connectivity index (χ0n) is 7.67. The van der Waals surface area contributed by atoms with Gasteiger partial charge in [-0.2, -0.15) is 0 Å². The molecule has 1 aromatic rings. The molecule has 0 aromatic heterocycles. The number of fused-ring (bicyclic) bond motifs is 1. The topological polar surface area (TPSA) is 37.4 Å². The van der Waals surface area contributed by atoms with Crippen molar-refractivity contribution in [3.63, 3.8) is 0 Å². The Kier molecular flexibility index (Phi) is 2.80. The molecule has 0 bridgehead atoms. The number of halogens is 2. The lowest BCUT2D eigenvalue weighted by Crippen LogP contribution is -2.31. The van der Waals surface area contributed by atoms with Crippen molar-refractivity contribution in [1.29, 1.82) is 0 Å². The van der Waals surface area contributed by atoms with Crippen LogP contribution in [0.4, 0.5) is 5.69 Å². The van der Waals surface area contributed by atoms with E-state index >= 15 is 0 Å². The minimum absolute atomic E-state index is 0.397. The van der Waals surface area contributed by atoms with E-state index in [1.165, 1.54) is 11.0 Å². The standard InChI is InChI=1S/C10H7BrClNO2/c11-3-4-13-8-2-1-6(12)5-7(8)9(14)10(13)15/h1-2,5H,3-4H2. The Morgan fingerprint density at radius 3 is 2.73 bits per heavy atom. The van der Waals surface area contributed by atoms with Gasteiger partial charge in [-0.05, 0) is 18.2 Å². The Bertz CT molecular complexity index is 447. The van der Waals surface area contributed by atoms with Crippen molar-refractivity contribution in [2.45, 2.75) is 0 Å². The molecule has 78 valence electrons. The molecule has 1 heterocycles. The molecule has 0 atom stereocenters. The summed E-state index contributed by atoms with van der Waals surface area (Å²) in [6, 6.07) is 4.90. The first-order valence-corrected chi connectivity index (χ1v) is 5.87. The second-order valence-electron chi connectivity index (χ2n) is 3.14. The van der Waals surface area contributed by atoms with E-state index in [0.717, 1.165) is 0 Å².